The molecule has 1 unspecified atom stereocenters. The molecule has 0 bridgehead atoms. The number of nitrogens with zero attached hydrogens (tertiary/aromatic N) is 10. The first kappa shape index (κ1) is 35.3. The van der Waals surface area contributed by atoms with Crippen LogP contribution in [-0.4, -0.2) is 87.9 Å². The fraction of sp³-hybridized carbons (Fsp3) is 0.310. The van der Waals surface area contributed by atoms with Crippen molar-refractivity contribution in [2.24, 2.45) is 0 Å². The minimum Gasteiger partial charge on any atom is -0.457 e. The maximum Gasteiger partial charge on any atom is 0.223 e. The van der Waals surface area contributed by atoms with E-state index >= 15 is 0 Å². The lowest BCUT2D eigenvalue weighted by atomic mass is 10.0. The number of nitrogen functional groups attached to an aromatic ring is 2. The number of aromatic nitrogens is 8. The van der Waals surface area contributed by atoms with Gasteiger partial charge in [-0.25, -0.2) is 29.3 Å². The minimum atomic E-state index is -0.0523. The smallest absolute Gasteiger partial charge is 0.223 e. The number of carbonyl (C=O) groups excluding carboxylic acids is 1. The maximum atomic E-state index is 13.8. The number of rotatable bonds is 9. The second-order valence-electron chi connectivity index (χ2n) is 14.8. The molecule has 4 aromatic heterocycles. The number of benzene rings is 3. The van der Waals surface area contributed by atoms with Gasteiger partial charge >= 0.3 is 0 Å². The summed E-state index contributed by atoms with van der Waals surface area (Å²) in [5.74, 6) is 2.42. The van der Waals surface area contributed by atoms with Crippen molar-refractivity contribution < 1.29 is 9.53 Å². The molecule has 1 amide bonds. The minimum absolute atomic E-state index is 0.0523. The van der Waals surface area contributed by atoms with Gasteiger partial charge in [-0.3, -0.25) is 4.79 Å². The van der Waals surface area contributed by atoms with Gasteiger partial charge in [0.05, 0.1) is 22.9 Å². The van der Waals surface area contributed by atoms with Crippen LogP contribution in [0.4, 0.5) is 11.6 Å². The number of fused-ring (bicyclic) bond motifs is 2. The van der Waals surface area contributed by atoms with Crippen LogP contribution < -0.4 is 16.2 Å². The summed E-state index contributed by atoms with van der Waals surface area (Å²) in [5.41, 5.74) is 18.8. The summed E-state index contributed by atoms with van der Waals surface area (Å²) in [5, 5.41) is 11.6. The third kappa shape index (κ3) is 6.87. The van der Waals surface area contributed by atoms with Gasteiger partial charge in [-0.2, -0.15) is 10.2 Å². The predicted molar refractivity (Wildman–Crippen MR) is 216 cm³/mol. The molecule has 0 radical (unpaired) electrons. The molecule has 6 heterocycles. The van der Waals surface area contributed by atoms with Gasteiger partial charge in [0, 0.05) is 43.7 Å². The fourth-order valence-electron chi connectivity index (χ4n) is 8.15. The Kier molecular flexibility index (Phi) is 9.47. The van der Waals surface area contributed by atoms with Crippen LogP contribution in [0.15, 0.2) is 91.5 Å². The predicted octanol–water partition coefficient (Wildman–Crippen LogP) is 6.46. The second kappa shape index (κ2) is 15.0. The summed E-state index contributed by atoms with van der Waals surface area (Å²) in [7, 11) is 0. The van der Waals surface area contributed by atoms with Gasteiger partial charge in [-0.1, -0.05) is 48.0 Å². The lowest BCUT2D eigenvalue weighted by molar-refractivity contribution is -0.133. The van der Waals surface area contributed by atoms with Gasteiger partial charge < -0.3 is 26.0 Å². The maximum absolute atomic E-state index is 13.8. The summed E-state index contributed by atoms with van der Waals surface area (Å²) in [6.45, 7) is 5.69. The Bertz CT molecular complexity index is 2500. The molecule has 9 rings (SSSR count). The number of piperidine rings is 2. The molecule has 2 fully saturated rings. The third-order valence-electron chi connectivity index (χ3n) is 11.0. The van der Waals surface area contributed by atoms with E-state index in [9.17, 15) is 4.79 Å². The quantitative estimate of drug-likeness (QED) is 0.166. The molecule has 14 nitrogen and oxygen atoms in total. The van der Waals surface area contributed by atoms with Gasteiger partial charge in [0.2, 0.25) is 5.91 Å². The number of amides is 1. The Morgan fingerprint density at radius 2 is 1.25 bits per heavy atom. The highest BCUT2D eigenvalue weighted by Gasteiger charge is 2.31. The van der Waals surface area contributed by atoms with Crippen molar-refractivity contribution in [2.45, 2.75) is 51.1 Å². The topological polar surface area (TPSA) is 172 Å². The van der Waals surface area contributed by atoms with E-state index in [0.717, 1.165) is 78.1 Å². The molecule has 284 valence electrons. The summed E-state index contributed by atoms with van der Waals surface area (Å²) >= 11 is 0. The molecule has 3 aromatic carbocycles. The molecule has 0 saturated carbocycles. The van der Waals surface area contributed by atoms with Crippen molar-refractivity contribution in [3.63, 3.8) is 0 Å². The zero-order chi connectivity index (χ0) is 38.2. The summed E-state index contributed by atoms with van der Waals surface area (Å²) in [4.78, 5) is 36.1. The first-order chi connectivity index (χ1) is 27.4. The van der Waals surface area contributed by atoms with Crippen LogP contribution in [0.1, 0.15) is 49.8 Å². The van der Waals surface area contributed by atoms with E-state index in [1.54, 1.807) is 0 Å². The standard InChI is InChI=1S/C42H44N12O2/c1-27-11-13-28(14-12-27)37-35-39(43)45-25-47-41(35)53(49-37)30-7-5-20-51(23-30)22-19-34(55)52-21-6-8-31(24-52)54-42-36(40(44)46-26-48-42)38(50-54)29-15-17-33(18-16-29)56-32-9-3-2-4-10-32/h2-4,9-18,25-26,30-31H,5-8,19-24H2,1H3,(H2,43,45,47)(H2,44,46,48)/t30?,31-/m1/s1. The largest absolute Gasteiger partial charge is 0.457 e. The fourth-order valence-corrected chi connectivity index (χ4v) is 8.15. The molecule has 4 N–H and O–H groups in total. The third-order valence-corrected chi connectivity index (χ3v) is 11.0. The van der Waals surface area contributed by atoms with Crippen molar-refractivity contribution >= 4 is 39.6 Å². The summed E-state index contributed by atoms with van der Waals surface area (Å²) < 4.78 is 9.98. The monoisotopic (exact) mass is 748 g/mol. The molecule has 2 aliphatic heterocycles. The highest BCUT2D eigenvalue weighted by atomic mass is 16.5. The van der Waals surface area contributed by atoms with Gasteiger partial charge in [0.25, 0.3) is 0 Å². The molecule has 2 aliphatic rings. The van der Waals surface area contributed by atoms with Gasteiger partial charge in [0.15, 0.2) is 11.3 Å². The average Bonchev–Trinajstić information content (AvgIpc) is 3.83. The van der Waals surface area contributed by atoms with Crippen LogP contribution in [0.3, 0.4) is 0 Å². The number of hydrogen-bond acceptors (Lipinski definition) is 11. The molecular formula is C42H44N12O2. The number of hydrogen-bond donors (Lipinski definition) is 2. The normalized spacial score (nSPS) is 17.8. The molecule has 2 saturated heterocycles. The van der Waals surface area contributed by atoms with Crippen molar-refractivity contribution in [3.05, 3.63) is 97.1 Å². The Morgan fingerprint density at radius 3 is 1.88 bits per heavy atom. The second-order valence-corrected chi connectivity index (χ2v) is 14.8. The zero-order valence-corrected chi connectivity index (χ0v) is 31.3. The van der Waals surface area contributed by atoms with Gasteiger partial charge in [0.1, 0.15) is 47.2 Å². The zero-order valence-electron chi connectivity index (χ0n) is 31.3. The first-order valence-electron chi connectivity index (χ1n) is 19.3. The number of nitrogens with two attached hydrogens (primary N) is 2. The van der Waals surface area contributed by atoms with Crippen molar-refractivity contribution in [3.8, 4) is 34.0 Å². The van der Waals surface area contributed by atoms with Crippen LogP contribution >= 0.6 is 0 Å². The van der Waals surface area contributed by atoms with E-state index in [0.29, 0.717) is 54.4 Å². The number of carbonyl (C=O) groups is 1. The van der Waals surface area contributed by atoms with Gasteiger partial charge in [-0.15, -0.1) is 0 Å². The van der Waals surface area contributed by atoms with Crippen LogP contribution in [0, 0.1) is 6.92 Å². The Labute approximate surface area is 324 Å². The van der Waals surface area contributed by atoms with Crippen LogP contribution in [0.2, 0.25) is 0 Å². The Hall–Kier alpha value is -6.41. The number of anilines is 2. The molecular weight excluding hydrogens is 705 g/mol. The highest BCUT2D eigenvalue weighted by molar-refractivity contribution is 5.99. The lowest BCUT2D eigenvalue weighted by Crippen LogP contribution is -2.43. The van der Waals surface area contributed by atoms with Crippen LogP contribution in [-0.2, 0) is 4.79 Å². The molecule has 14 heteroatoms. The van der Waals surface area contributed by atoms with Gasteiger partial charge in [-0.05, 0) is 75.5 Å². The van der Waals surface area contributed by atoms with Crippen molar-refractivity contribution in [1.29, 1.82) is 0 Å². The van der Waals surface area contributed by atoms with Crippen LogP contribution in [0.5, 0.6) is 11.5 Å². The summed E-state index contributed by atoms with van der Waals surface area (Å²) in [6.07, 6.45) is 7.12. The average molecular weight is 749 g/mol. The van der Waals surface area contributed by atoms with E-state index in [-0.39, 0.29) is 18.0 Å². The van der Waals surface area contributed by atoms with Crippen molar-refractivity contribution in [1.82, 2.24) is 49.3 Å². The van der Waals surface area contributed by atoms with E-state index in [1.807, 2.05) is 68.9 Å². The van der Waals surface area contributed by atoms with Crippen molar-refractivity contribution in [2.75, 3.05) is 44.2 Å². The first-order valence-corrected chi connectivity index (χ1v) is 19.3. The number of ether oxygens (including phenoxy) is 1. The molecule has 0 spiro atoms. The number of para-hydroxylation sites is 1. The highest BCUT2D eigenvalue weighted by Crippen LogP contribution is 2.36. The van der Waals surface area contributed by atoms with E-state index in [1.165, 1.54) is 18.2 Å². The molecule has 56 heavy (non-hydrogen) atoms. The van der Waals surface area contributed by atoms with E-state index < -0.39 is 0 Å². The molecule has 7 aromatic rings. The Morgan fingerprint density at radius 1 is 0.696 bits per heavy atom. The van der Waals surface area contributed by atoms with E-state index in [4.69, 9.17) is 26.4 Å². The number of likely N-dealkylation sites (tertiary alicyclic amines) is 2. The Balaban J connectivity index is 0.884. The van der Waals surface area contributed by atoms with Crippen LogP contribution in [0.25, 0.3) is 44.6 Å². The summed E-state index contributed by atoms with van der Waals surface area (Å²) in [6, 6.07) is 25.8. The van der Waals surface area contributed by atoms with E-state index in [2.05, 4.69) is 56.0 Å². The number of aryl methyl sites for hydroxylation is 1. The SMILES string of the molecule is Cc1ccc(-c2nn(C3CCCN(CCC(=O)N4CCC[C@@H](n5nc(-c6ccc(Oc7ccccc7)cc6)c6c(N)ncnc65)C4)C3)c3ncnc(N)c23)cc1. The molecule has 0 aliphatic carbocycles. The molecule has 2 atom stereocenters. The lowest BCUT2D eigenvalue weighted by Gasteiger charge is -2.35.